The van der Waals surface area contributed by atoms with E-state index in [0.717, 1.165) is 0 Å². The van der Waals surface area contributed by atoms with E-state index in [-0.39, 0.29) is 5.56 Å². The molecule has 0 unspecified atom stereocenters. The minimum Gasteiger partial charge on any atom is -0.478 e. The van der Waals surface area contributed by atoms with Crippen LogP contribution in [0, 0.1) is 0 Å². The molecule has 0 heterocycles. The van der Waals surface area contributed by atoms with Gasteiger partial charge in [0, 0.05) is 11.3 Å². The van der Waals surface area contributed by atoms with Gasteiger partial charge in [0.2, 0.25) is 0 Å². The fraction of sp³-hybridized carbons (Fsp3) is 0.385. The molecule has 6 nitrogen and oxygen atoms in total. The predicted molar refractivity (Wildman–Crippen MR) is 68.8 cm³/mol. The van der Waals surface area contributed by atoms with Gasteiger partial charge in [-0.1, -0.05) is 13.8 Å². The number of hydrogen-bond donors (Lipinski definition) is 4. The Morgan fingerprint density at radius 1 is 1.11 bits per heavy atom. The summed E-state index contributed by atoms with van der Waals surface area (Å²) >= 11 is 0. The summed E-state index contributed by atoms with van der Waals surface area (Å²) in [6.45, 7) is 3.63. The van der Waals surface area contributed by atoms with Gasteiger partial charge in [-0.2, -0.15) is 0 Å². The third-order valence-corrected chi connectivity index (χ3v) is 3.15. The molecule has 0 aliphatic rings. The smallest absolute Gasteiger partial charge is 0.352 e. The molecule has 0 aromatic heterocycles. The minimum atomic E-state index is -2.96. The van der Waals surface area contributed by atoms with E-state index in [1.165, 1.54) is 12.1 Å². The Bertz CT molecular complexity index is 485. The van der Waals surface area contributed by atoms with E-state index < -0.39 is 17.5 Å². The van der Waals surface area contributed by atoms with Gasteiger partial charge < -0.3 is 21.1 Å². The number of aliphatic hydroxyl groups is 1. The van der Waals surface area contributed by atoms with Gasteiger partial charge >= 0.3 is 11.9 Å². The lowest BCUT2D eigenvalue weighted by Crippen LogP contribution is -2.43. The van der Waals surface area contributed by atoms with Crippen LogP contribution in [-0.4, -0.2) is 27.3 Å². The summed E-state index contributed by atoms with van der Waals surface area (Å²) in [5.74, 6) is -3.65. The Labute approximate surface area is 110 Å². The van der Waals surface area contributed by atoms with Gasteiger partial charge in [-0.15, -0.1) is 0 Å². The number of carbonyl (C=O) groups is 2. The van der Waals surface area contributed by atoms with E-state index in [9.17, 15) is 14.7 Å². The van der Waals surface area contributed by atoms with Crippen molar-refractivity contribution < 1.29 is 24.9 Å². The van der Waals surface area contributed by atoms with E-state index in [4.69, 9.17) is 15.9 Å². The summed E-state index contributed by atoms with van der Waals surface area (Å²) in [5, 5.41) is 27.9. The largest absolute Gasteiger partial charge is 0.478 e. The van der Waals surface area contributed by atoms with Crippen LogP contribution in [0.25, 0.3) is 0 Å². The number of hydrogen-bond acceptors (Lipinski definition) is 4. The highest BCUT2D eigenvalue weighted by Crippen LogP contribution is 2.29. The van der Waals surface area contributed by atoms with Crippen LogP contribution in [0.2, 0.25) is 0 Å². The zero-order chi connectivity index (χ0) is 14.8. The molecule has 5 N–H and O–H groups in total. The quantitative estimate of drug-likeness (QED) is 0.461. The molecular formula is C13H17NO5. The average Bonchev–Trinajstić information content (AvgIpc) is 2.37. The van der Waals surface area contributed by atoms with Crippen molar-refractivity contribution in [2.75, 3.05) is 5.73 Å². The molecule has 0 atom stereocenters. The molecule has 104 valence electrons. The molecule has 0 amide bonds. The Balaban J connectivity index is 3.58. The number of nitrogens with two attached hydrogens (primary N) is 1. The first-order valence-electron chi connectivity index (χ1n) is 5.89. The van der Waals surface area contributed by atoms with Crippen molar-refractivity contribution in [1.29, 1.82) is 0 Å². The Hall–Kier alpha value is -2.08. The topological polar surface area (TPSA) is 121 Å². The summed E-state index contributed by atoms with van der Waals surface area (Å²) < 4.78 is 0. The number of nitrogen functional groups attached to an aromatic ring is 1. The third kappa shape index (κ3) is 2.39. The number of aryl methyl sites for hydroxylation is 2. The number of carboxylic acids is 2. The lowest BCUT2D eigenvalue weighted by molar-refractivity contribution is -0.177. The standard InChI is InChI=1S/C13H17NO5/c1-3-7-5-9(6-8(4-2)10(7)14)13(19,11(15)16)12(17)18/h5-6,19H,3-4,14H2,1-2H3,(H,15,16)(H,17,18). The van der Waals surface area contributed by atoms with Gasteiger partial charge in [0.05, 0.1) is 0 Å². The highest BCUT2D eigenvalue weighted by Gasteiger charge is 2.47. The minimum absolute atomic E-state index is 0.185. The van der Waals surface area contributed by atoms with Crippen molar-refractivity contribution in [3.05, 3.63) is 28.8 Å². The van der Waals surface area contributed by atoms with Crippen molar-refractivity contribution in [1.82, 2.24) is 0 Å². The maximum absolute atomic E-state index is 11.1. The molecule has 0 bridgehead atoms. The zero-order valence-corrected chi connectivity index (χ0v) is 10.8. The molecular weight excluding hydrogens is 250 g/mol. The van der Waals surface area contributed by atoms with Crippen molar-refractivity contribution in [3.63, 3.8) is 0 Å². The van der Waals surface area contributed by atoms with Crippen LogP contribution in [0.4, 0.5) is 5.69 Å². The van der Waals surface area contributed by atoms with Crippen molar-refractivity contribution in [3.8, 4) is 0 Å². The molecule has 0 aliphatic carbocycles. The van der Waals surface area contributed by atoms with Gasteiger partial charge in [-0.05, 0) is 36.1 Å². The Morgan fingerprint density at radius 2 is 1.47 bits per heavy atom. The van der Waals surface area contributed by atoms with Gasteiger partial charge in [0.1, 0.15) is 0 Å². The summed E-state index contributed by atoms with van der Waals surface area (Å²) in [7, 11) is 0. The van der Waals surface area contributed by atoms with Crippen LogP contribution in [0.3, 0.4) is 0 Å². The number of aliphatic carboxylic acids is 2. The second-order valence-electron chi connectivity index (χ2n) is 4.24. The second kappa shape index (κ2) is 5.27. The number of benzene rings is 1. The van der Waals surface area contributed by atoms with Gasteiger partial charge in [-0.3, -0.25) is 0 Å². The zero-order valence-electron chi connectivity index (χ0n) is 10.8. The first kappa shape index (κ1) is 15.0. The molecule has 19 heavy (non-hydrogen) atoms. The summed E-state index contributed by atoms with van der Waals surface area (Å²) in [6, 6.07) is 2.66. The van der Waals surface area contributed by atoms with E-state index in [2.05, 4.69) is 0 Å². The highest BCUT2D eigenvalue weighted by molar-refractivity contribution is 6.02. The molecule has 0 saturated carbocycles. The highest BCUT2D eigenvalue weighted by atomic mass is 16.4. The van der Waals surface area contributed by atoms with Crippen LogP contribution >= 0.6 is 0 Å². The normalized spacial score (nSPS) is 11.3. The van der Waals surface area contributed by atoms with Gasteiger partial charge in [0.15, 0.2) is 0 Å². The van der Waals surface area contributed by atoms with Crippen LogP contribution < -0.4 is 5.73 Å². The molecule has 0 radical (unpaired) electrons. The molecule has 0 aliphatic heterocycles. The van der Waals surface area contributed by atoms with E-state index in [0.29, 0.717) is 29.7 Å². The summed E-state index contributed by atoms with van der Waals surface area (Å²) in [4.78, 5) is 22.2. The maximum Gasteiger partial charge on any atom is 0.352 e. The molecule has 1 aromatic carbocycles. The lowest BCUT2D eigenvalue weighted by atomic mass is 9.89. The van der Waals surface area contributed by atoms with E-state index in [1.54, 1.807) is 0 Å². The fourth-order valence-electron chi connectivity index (χ4n) is 1.91. The predicted octanol–water partition coefficient (Wildman–Crippen LogP) is 0.750. The van der Waals surface area contributed by atoms with Crippen molar-refractivity contribution >= 4 is 17.6 Å². The average molecular weight is 267 g/mol. The fourth-order valence-corrected chi connectivity index (χ4v) is 1.91. The first-order valence-corrected chi connectivity index (χ1v) is 5.89. The second-order valence-corrected chi connectivity index (χ2v) is 4.24. The van der Waals surface area contributed by atoms with Gasteiger partial charge in [-0.25, -0.2) is 9.59 Å². The Morgan fingerprint density at radius 3 is 1.74 bits per heavy atom. The summed E-state index contributed by atoms with van der Waals surface area (Å²) in [6.07, 6.45) is 1.03. The molecule has 1 rings (SSSR count). The molecule has 0 spiro atoms. The molecule has 0 saturated heterocycles. The van der Waals surface area contributed by atoms with Crippen molar-refractivity contribution in [2.45, 2.75) is 32.3 Å². The number of rotatable bonds is 5. The van der Waals surface area contributed by atoms with Crippen LogP contribution in [0.1, 0.15) is 30.5 Å². The Kier molecular flexibility index (Phi) is 4.16. The summed E-state index contributed by atoms with van der Waals surface area (Å²) in [5.41, 5.74) is 4.50. The van der Waals surface area contributed by atoms with Crippen LogP contribution in [0.5, 0.6) is 0 Å². The van der Waals surface area contributed by atoms with E-state index in [1.807, 2.05) is 13.8 Å². The number of carboxylic acid groups (broad SMARTS) is 2. The van der Waals surface area contributed by atoms with E-state index >= 15 is 0 Å². The number of anilines is 1. The van der Waals surface area contributed by atoms with Crippen molar-refractivity contribution in [2.24, 2.45) is 0 Å². The SMILES string of the molecule is CCc1cc(C(O)(C(=O)O)C(=O)O)cc(CC)c1N. The maximum atomic E-state index is 11.1. The lowest BCUT2D eigenvalue weighted by Gasteiger charge is -2.21. The molecule has 6 heteroatoms. The van der Waals surface area contributed by atoms with Crippen LogP contribution in [0.15, 0.2) is 12.1 Å². The third-order valence-electron chi connectivity index (χ3n) is 3.15. The van der Waals surface area contributed by atoms with Crippen LogP contribution in [-0.2, 0) is 28.0 Å². The first-order chi connectivity index (χ1) is 8.78. The molecule has 0 fully saturated rings. The molecule has 1 aromatic rings. The monoisotopic (exact) mass is 267 g/mol. The van der Waals surface area contributed by atoms with Gasteiger partial charge in [0.25, 0.3) is 5.60 Å².